The topological polar surface area (TPSA) is 137 Å². The predicted molar refractivity (Wildman–Crippen MR) is 159 cm³/mol. The number of ketones is 1. The van der Waals surface area contributed by atoms with Crippen molar-refractivity contribution in [1.29, 1.82) is 0 Å². The first-order chi connectivity index (χ1) is 18.8. The van der Waals surface area contributed by atoms with Crippen LogP contribution in [-0.2, 0) is 21.4 Å². The van der Waals surface area contributed by atoms with Crippen molar-refractivity contribution in [3.8, 4) is 11.1 Å². The summed E-state index contributed by atoms with van der Waals surface area (Å²) >= 11 is 12.2. The molecule has 0 aliphatic rings. The molecule has 1 amide bonds. The van der Waals surface area contributed by atoms with Crippen molar-refractivity contribution in [3.05, 3.63) is 87.6 Å². The molecule has 1 heterocycles. The van der Waals surface area contributed by atoms with Gasteiger partial charge in [0.2, 0.25) is 21.7 Å². The number of carbonyl (C=O) groups excluding carboxylic acids is 2. The summed E-state index contributed by atoms with van der Waals surface area (Å²) in [4.78, 5) is 25.4. The largest absolute Gasteiger partial charge is 0.450 e. The Morgan fingerprint density at radius 1 is 1.02 bits per heavy atom. The van der Waals surface area contributed by atoms with Crippen molar-refractivity contribution >= 4 is 61.6 Å². The minimum absolute atomic E-state index is 0.0267. The van der Waals surface area contributed by atoms with E-state index in [4.69, 9.17) is 39.1 Å². The first kappa shape index (κ1) is 29.6. The first-order valence-electron chi connectivity index (χ1n) is 12.5. The maximum absolute atomic E-state index is 13.1. The maximum Gasteiger partial charge on any atom is 0.236 e. The molecule has 210 valence electrons. The van der Waals surface area contributed by atoms with Gasteiger partial charge < -0.3 is 15.9 Å². The van der Waals surface area contributed by atoms with E-state index in [1.54, 1.807) is 37.3 Å². The maximum atomic E-state index is 13.1. The number of nitrogen functional groups attached to an aromatic ring is 1. The average Bonchev–Trinajstić information content (AvgIpc) is 3.22. The van der Waals surface area contributed by atoms with E-state index in [9.17, 15) is 18.0 Å². The zero-order valence-corrected chi connectivity index (χ0v) is 24.5. The van der Waals surface area contributed by atoms with Crippen LogP contribution >= 0.6 is 23.2 Å². The number of primary amides is 1. The molecule has 1 aromatic heterocycles. The molecule has 0 bridgehead atoms. The zero-order valence-electron chi connectivity index (χ0n) is 22.1. The van der Waals surface area contributed by atoms with E-state index in [0.29, 0.717) is 28.0 Å². The van der Waals surface area contributed by atoms with E-state index in [0.717, 1.165) is 21.7 Å². The van der Waals surface area contributed by atoms with Gasteiger partial charge in [-0.05, 0) is 59.0 Å². The Labute approximate surface area is 242 Å². The van der Waals surface area contributed by atoms with Crippen molar-refractivity contribution < 1.29 is 22.4 Å². The van der Waals surface area contributed by atoms with Crippen molar-refractivity contribution in [2.24, 2.45) is 11.7 Å². The molecule has 0 spiro atoms. The number of carbonyl (C=O) groups is 2. The van der Waals surface area contributed by atoms with Gasteiger partial charge in [-0.3, -0.25) is 9.59 Å². The Hall–Kier alpha value is -3.37. The molecule has 2 atom stereocenters. The lowest BCUT2D eigenvalue weighted by Crippen LogP contribution is -2.50. The molecule has 4 aromatic rings. The summed E-state index contributed by atoms with van der Waals surface area (Å²) in [7, 11) is -3.75. The number of amides is 1. The monoisotopic (exact) mass is 601 g/mol. The van der Waals surface area contributed by atoms with Crippen LogP contribution in [-0.4, -0.2) is 36.7 Å². The van der Waals surface area contributed by atoms with Crippen LogP contribution in [0.15, 0.2) is 65.1 Å². The number of nitrogens with two attached hydrogens (primary N) is 2. The van der Waals surface area contributed by atoms with E-state index in [2.05, 4.69) is 0 Å². The Balaban J connectivity index is 1.69. The van der Waals surface area contributed by atoms with Crippen LogP contribution in [0.2, 0.25) is 10.0 Å². The summed E-state index contributed by atoms with van der Waals surface area (Å²) in [5.74, 6) is -1.45. The molecular formula is C29H29Cl2N3O5S. The third-order valence-electron chi connectivity index (χ3n) is 6.92. The van der Waals surface area contributed by atoms with Gasteiger partial charge in [0, 0.05) is 22.5 Å². The summed E-state index contributed by atoms with van der Waals surface area (Å²) in [6, 6.07) is 16.2. The lowest BCUT2D eigenvalue weighted by molar-refractivity contribution is -0.123. The molecule has 11 heteroatoms. The van der Waals surface area contributed by atoms with Gasteiger partial charge >= 0.3 is 0 Å². The van der Waals surface area contributed by atoms with Crippen molar-refractivity contribution in [1.82, 2.24) is 4.31 Å². The fourth-order valence-electron chi connectivity index (χ4n) is 4.64. The van der Waals surface area contributed by atoms with Crippen LogP contribution in [0.25, 0.3) is 22.1 Å². The number of halogens is 2. The van der Waals surface area contributed by atoms with Gasteiger partial charge in [0.15, 0.2) is 5.76 Å². The second kappa shape index (κ2) is 11.6. The highest BCUT2D eigenvalue weighted by atomic mass is 35.5. The molecule has 4 N–H and O–H groups in total. The SMILES string of the molecule is CC[C@H](C)[C@@H](C(N)=O)N(Cc1cccc(-c2ccc3c(N)c(C(=O)c4ccc(Cl)cc4Cl)oc3c2)c1)S(C)(=O)=O. The number of nitrogens with zero attached hydrogens (tertiary/aromatic N) is 1. The van der Waals surface area contributed by atoms with Crippen molar-refractivity contribution in [3.63, 3.8) is 0 Å². The highest BCUT2D eigenvalue weighted by Gasteiger charge is 2.34. The molecule has 40 heavy (non-hydrogen) atoms. The number of hydrogen-bond donors (Lipinski definition) is 2. The molecule has 0 aliphatic carbocycles. The number of benzene rings is 3. The van der Waals surface area contributed by atoms with Crippen molar-refractivity contribution in [2.75, 3.05) is 12.0 Å². The zero-order chi connectivity index (χ0) is 29.4. The molecule has 0 saturated carbocycles. The number of anilines is 1. The van der Waals surface area contributed by atoms with Crippen LogP contribution < -0.4 is 11.5 Å². The molecule has 0 saturated heterocycles. The third-order valence-corrected chi connectivity index (χ3v) is 8.68. The average molecular weight is 603 g/mol. The first-order valence-corrected chi connectivity index (χ1v) is 15.1. The molecule has 3 aromatic carbocycles. The Kier molecular flexibility index (Phi) is 8.60. The lowest BCUT2D eigenvalue weighted by Gasteiger charge is -2.31. The van der Waals surface area contributed by atoms with E-state index < -0.39 is 27.8 Å². The molecule has 0 unspecified atom stereocenters. The van der Waals surface area contributed by atoms with Gasteiger partial charge in [-0.2, -0.15) is 4.31 Å². The molecule has 0 aliphatic heterocycles. The molecule has 0 radical (unpaired) electrons. The molecular weight excluding hydrogens is 573 g/mol. The third kappa shape index (κ3) is 6.02. The second-order valence-corrected chi connectivity index (χ2v) is 12.5. The highest BCUT2D eigenvalue weighted by molar-refractivity contribution is 7.88. The van der Waals surface area contributed by atoms with Gasteiger partial charge in [-0.25, -0.2) is 8.42 Å². The normalized spacial score (nSPS) is 13.4. The second-order valence-electron chi connectivity index (χ2n) is 9.75. The number of rotatable bonds is 10. The number of sulfonamides is 1. The number of furan rings is 1. The summed E-state index contributed by atoms with van der Waals surface area (Å²) in [5.41, 5.74) is 14.9. The van der Waals surface area contributed by atoms with Crippen molar-refractivity contribution in [2.45, 2.75) is 32.9 Å². The summed E-state index contributed by atoms with van der Waals surface area (Å²) in [6.45, 7) is 3.65. The molecule has 0 fully saturated rings. The van der Waals surface area contributed by atoms with Gasteiger partial charge in [0.25, 0.3) is 0 Å². The van der Waals surface area contributed by atoms with Gasteiger partial charge in [-0.1, -0.05) is 67.7 Å². The fourth-order valence-corrected chi connectivity index (χ4v) is 6.24. The summed E-state index contributed by atoms with van der Waals surface area (Å²) in [5, 5.41) is 1.15. The number of hydrogen-bond acceptors (Lipinski definition) is 6. The van der Waals surface area contributed by atoms with Gasteiger partial charge in [0.1, 0.15) is 11.6 Å². The minimum Gasteiger partial charge on any atom is -0.450 e. The van der Waals surface area contributed by atoms with Crippen LogP contribution in [0.5, 0.6) is 0 Å². The van der Waals surface area contributed by atoms with Crippen LogP contribution in [0, 0.1) is 5.92 Å². The summed E-state index contributed by atoms with van der Waals surface area (Å²) in [6.07, 6.45) is 1.65. The van der Waals surface area contributed by atoms with Gasteiger partial charge in [0.05, 0.1) is 17.0 Å². The van der Waals surface area contributed by atoms with Crippen LogP contribution in [0.1, 0.15) is 41.9 Å². The quantitative estimate of drug-likeness (QED) is 0.218. The van der Waals surface area contributed by atoms with Gasteiger partial charge in [-0.15, -0.1) is 0 Å². The highest BCUT2D eigenvalue weighted by Crippen LogP contribution is 2.35. The Morgan fingerprint density at radius 2 is 1.73 bits per heavy atom. The number of fused-ring (bicyclic) bond motifs is 1. The Morgan fingerprint density at radius 3 is 2.35 bits per heavy atom. The minimum atomic E-state index is -3.75. The lowest BCUT2D eigenvalue weighted by atomic mass is 9.97. The predicted octanol–water partition coefficient (Wildman–Crippen LogP) is 5.88. The van der Waals surface area contributed by atoms with E-state index in [-0.39, 0.29) is 34.5 Å². The Bertz CT molecular complexity index is 1720. The van der Waals surface area contributed by atoms with Crippen LogP contribution in [0.4, 0.5) is 5.69 Å². The fraction of sp³-hybridized carbons (Fsp3) is 0.241. The van der Waals surface area contributed by atoms with E-state index >= 15 is 0 Å². The molecule has 8 nitrogen and oxygen atoms in total. The van der Waals surface area contributed by atoms with E-state index in [1.807, 2.05) is 25.1 Å². The smallest absolute Gasteiger partial charge is 0.236 e. The van der Waals surface area contributed by atoms with E-state index in [1.165, 1.54) is 12.1 Å². The molecule has 4 rings (SSSR count). The standard InChI is InChI=1S/C29H29Cl2N3O5S/c1-4-16(2)26(29(33)36)34(40(3,37)38)15-17-6-5-7-18(12-17)19-8-10-22-24(13-19)39-28(25(22)32)27(35)21-11-9-20(30)14-23(21)31/h5-14,16,26H,4,15,32H2,1-3H3,(H2,33,36)/t16-,26-/m0/s1. The summed E-state index contributed by atoms with van der Waals surface area (Å²) < 4.78 is 32.4. The van der Waals surface area contributed by atoms with Crippen LogP contribution in [0.3, 0.4) is 0 Å².